The van der Waals surface area contributed by atoms with E-state index in [9.17, 15) is 0 Å². The zero-order valence-electron chi connectivity index (χ0n) is 9.70. The number of hydrogen-bond acceptors (Lipinski definition) is 3. The Kier molecular flexibility index (Phi) is 2.15. The van der Waals surface area contributed by atoms with Crippen molar-refractivity contribution in [1.29, 1.82) is 0 Å². The molecular formula is C12H17N3. The van der Waals surface area contributed by atoms with Crippen LogP contribution in [0.5, 0.6) is 0 Å². The molecule has 15 heavy (non-hydrogen) atoms. The van der Waals surface area contributed by atoms with E-state index in [0.29, 0.717) is 0 Å². The summed E-state index contributed by atoms with van der Waals surface area (Å²) in [5.74, 6) is 0. The molecule has 2 rings (SSSR count). The maximum Gasteiger partial charge on any atom is 0.146 e. The van der Waals surface area contributed by atoms with Crippen LogP contribution in [0.4, 0.5) is 5.69 Å². The van der Waals surface area contributed by atoms with Gasteiger partial charge in [0.05, 0.1) is 5.69 Å². The Bertz CT molecular complexity index is 427. The molecule has 2 N–H and O–H groups in total. The molecular weight excluding hydrogens is 186 g/mol. The van der Waals surface area contributed by atoms with E-state index in [2.05, 4.69) is 44.0 Å². The molecule has 0 spiro atoms. The quantitative estimate of drug-likeness (QED) is 0.690. The van der Waals surface area contributed by atoms with Crippen LogP contribution >= 0.6 is 0 Å². The van der Waals surface area contributed by atoms with Crippen molar-refractivity contribution in [3.63, 3.8) is 0 Å². The van der Waals surface area contributed by atoms with Crippen molar-refractivity contribution in [2.45, 2.75) is 39.3 Å². The van der Waals surface area contributed by atoms with Gasteiger partial charge in [0.25, 0.3) is 0 Å². The van der Waals surface area contributed by atoms with Crippen LogP contribution in [0.2, 0.25) is 0 Å². The van der Waals surface area contributed by atoms with Gasteiger partial charge < -0.3 is 5.73 Å². The molecule has 0 aromatic heterocycles. The molecule has 1 aliphatic heterocycles. The van der Waals surface area contributed by atoms with Crippen LogP contribution in [0.25, 0.3) is 0 Å². The Morgan fingerprint density at radius 1 is 1.27 bits per heavy atom. The van der Waals surface area contributed by atoms with Gasteiger partial charge in [-0.2, -0.15) is 10.2 Å². The van der Waals surface area contributed by atoms with Gasteiger partial charge in [0.1, 0.15) is 6.17 Å². The SMILES string of the molecule is Cc1ccc2c(c1C(C)(C)C)N=NC2N. The van der Waals surface area contributed by atoms with Gasteiger partial charge in [0.2, 0.25) is 0 Å². The molecule has 0 aliphatic carbocycles. The summed E-state index contributed by atoms with van der Waals surface area (Å²) < 4.78 is 0. The zero-order valence-corrected chi connectivity index (χ0v) is 9.70. The number of benzene rings is 1. The lowest BCUT2D eigenvalue weighted by atomic mass is 9.81. The molecule has 3 heteroatoms. The highest BCUT2D eigenvalue weighted by Crippen LogP contribution is 2.42. The van der Waals surface area contributed by atoms with Crippen LogP contribution in [0, 0.1) is 6.92 Å². The highest BCUT2D eigenvalue weighted by molar-refractivity contribution is 5.61. The van der Waals surface area contributed by atoms with Crippen molar-refractivity contribution in [2.24, 2.45) is 16.0 Å². The number of aryl methyl sites for hydroxylation is 1. The van der Waals surface area contributed by atoms with E-state index >= 15 is 0 Å². The van der Waals surface area contributed by atoms with E-state index in [1.165, 1.54) is 11.1 Å². The Labute approximate surface area is 90.4 Å². The number of nitrogens with two attached hydrogens (primary N) is 1. The van der Waals surface area contributed by atoms with Gasteiger partial charge in [-0.15, -0.1) is 0 Å². The summed E-state index contributed by atoms with van der Waals surface area (Å²) in [6.07, 6.45) is -0.276. The normalized spacial score (nSPS) is 19.4. The highest BCUT2D eigenvalue weighted by atomic mass is 15.2. The zero-order chi connectivity index (χ0) is 11.2. The van der Waals surface area contributed by atoms with Crippen molar-refractivity contribution in [1.82, 2.24) is 0 Å². The lowest BCUT2D eigenvalue weighted by Gasteiger charge is -2.23. The van der Waals surface area contributed by atoms with E-state index in [4.69, 9.17) is 5.73 Å². The highest BCUT2D eigenvalue weighted by Gasteiger charge is 2.27. The first kappa shape index (κ1) is 10.3. The third-order valence-electron chi connectivity index (χ3n) is 2.77. The van der Waals surface area contributed by atoms with Crippen molar-refractivity contribution in [3.8, 4) is 0 Å². The molecule has 1 atom stereocenters. The largest absolute Gasteiger partial charge is 0.304 e. The van der Waals surface area contributed by atoms with E-state index in [0.717, 1.165) is 11.3 Å². The van der Waals surface area contributed by atoms with E-state index in [1.807, 2.05) is 6.07 Å². The van der Waals surface area contributed by atoms with Gasteiger partial charge in [0, 0.05) is 5.56 Å². The molecule has 1 aromatic carbocycles. The summed E-state index contributed by atoms with van der Waals surface area (Å²) in [4.78, 5) is 0. The fourth-order valence-corrected chi connectivity index (χ4v) is 2.18. The first-order valence-electron chi connectivity index (χ1n) is 5.21. The third kappa shape index (κ3) is 1.57. The summed E-state index contributed by atoms with van der Waals surface area (Å²) in [5.41, 5.74) is 10.5. The fourth-order valence-electron chi connectivity index (χ4n) is 2.18. The summed E-state index contributed by atoms with van der Waals surface area (Å²) >= 11 is 0. The third-order valence-corrected chi connectivity index (χ3v) is 2.77. The average molecular weight is 203 g/mol. The van der Waals surface area contributed by atoms with Crippen LogP contribution in [0.1, 0.15) is 43.6 Å². The lowest BCUT2D eigenvalue weighted by Crippen LogP contribution is -2.14. The predicted octanol–water partition coefficient (Wildman–Crippen LogP) is 3.35. The van der Waals surface area contributed by atoms with Gasteiger partial charge in [-0.05, 0) is 23.5 Å². The molecule has 3 nitrogen and oxygen atoms in total. The van der Waals surface area contributed by atoms with Crippen molar-refractivity contribution in [2.75, 3.05) is 0 Å². The minimum atomic E-state index is -0.276. The Balaban J connectivity index is 2.69. The average Bonchev–Trinajstić information content (AvgIpc) is 2.45. The molecule has 0 amide bonds. The summed E-state index contributed by atoms with van der Waals surface area (Å²) in [6.45, 7) is 8.68. The number of rotatable bonds is 0. The van der Waals surface area contributed by atoms with Crippen LogP contribution in [-0.4, -0.2) is 0 Å². The molecule has 1 unspecified atom stereocenters. The number of azo groups is 1. The van der Waals surface area contributed by atoms with Crippen LogP contribution < -0.4 is 5.73 Å². The minimum Gasteiger partial charge on any atom is -0.304 e. The molecule has 0 radical (unpaired) electrons. The first-order valence-corrected chi connectivity index (χ1v) is 5.21. The van der Waals surface area contributed by atoms with Gasteiger partial charge in [-0.1, -0.05) is 32.9 Å². The molecule has 80 valence electrons. The number of hydrogen-bond donors (Lipinski definition) is 1. The summed E-state index contributed by atoms with van der Waals surface area (Å²) in [7, 11) is 0. The second-order valence-corrected chi connectivity index (χ2v) is 5.11. The topological polar surface area (TPSA) is 50.7 Å². The van der Waals surface area contributed by atoms with E-state index in [-0.39, 0.29) is 11.6 Å². The minimum absolute atomic E-state index is 0.0819. The summed E-state index contributed by atoms with van der Waals surface area (Å²) in [5, 5.41) is 8.23. The van der Waals surface area contributed by atoms with Gasteiger partial charge in [0.15, 0.2) is 0 Å². The molecule has 1 aromatic rings. The maximum absolute atomic E-state index is 5.85. The lowest BCUT2D eigenvalue weighted by molar-refractivity contribution is 0.587. The van der Waals surface area contributed by atoms with Crippen LogP contribution in [-0.2, 0) is 5.41 Å². The Morgan fingerprint density at radius 2 is 1.93 bits per heavy atom. The Morgan fingerprint density at radius 3 is 2.53 bits per heavy atom. The summed E-state index contributed by atoms with van der Waals surface area (Å²) in [6, 6.07) is 4.14. The van der Waals surface area contributed by atoms with E-state index in [1.54, 1.807) is 0 Å². The second-order valence-electron chi connectivity index (χ2n) is 5.11. The van der Waals surface area contributed by atoms with Crippen molar-refractivity contribution in [3.05, 3.63) is 28.8 Å². The maximum atomic E-state index is 5.85. The van der Waals surface area contributed by atoms with Crippen LogP contribution in [0.3, 0.4) is 0 Å². The molecule has 0 saturated carbocycles. The Hall–Kier alpha value is -1.22. The molecule has 0 fully saturated rings. The number of fused-ring (bicyclic) bond motifs is 1. The van der Waals surface area contributed by atoms with Crippen molar-refractivity contribution >= 4 is 5.69 Å². The molecule has 0 bridgehead atoms. The standard InChI is InChI=1S/C12H17N3/c1-7-5-6-8-10(14-15-11(8)13)9(7)12(2,3)4/h5-6,11H,13H2,1-4H3. The fraction of sp³-hybridized carbons (Fsp3) is 0.500. The number of nitrogens with zero attached hydrogens (tertiary/aromatic N) is 2. The molecule has 1 heterocycles. The van der Waals surface area contributed by atoms with E-state index < -0.39 is 0 Å². The monoisotopic (exact) mass is 203 g/mol. The second kappa shape index (κ2) is 3.14. The smallest absolute Gasteiger partial charge is 0.146 e. The van der Waals surface area contributed by atoms with Gasteiger partial charge >= 0.3 is 0 Å². The molecule has 1 aliphatic rings. The van der Waals surface area contributed by atoms with Crippen LogP contribution in [0.15, 0.2) is 22.4 Å². The van der Waals surface area contributed by atoms with Gasteiger partial charge in [-0.3, -0.25) is 0 Å². The van der Waals surface area contributed by atoms with Crippen molar-refractivity contribution < 1.29 is 0 Å². The predicted molar refractivity (Wildman–Crippen MR) is 61.3 cm³/mol. The van der Waals surface area contributed by atoms with Gasteiger partial charge in [-0.25, -0.2) is 0 Å². The first-order chi connectivity index (χ1) is 6.91. The molecule has 0 saturated heterocycles.